The molecule has 0 aromatic carbocycles. The molecule has 1 aliphatic rings. The molecule has 6 nitrogen and oxygen atoms in total. The van der Waals surface area contributed by atoms with E-state index in [4.69, 9.17) is 9.47 Å². The van der Waals surface area contributed by atoms with Crippen LogP contribution in [0.15, 0.2) is 23.5 Å². The van der Waals surface area contributed by atoms with Gasteiger partial charge in [0.1, 0.15) is 6.61 Å². The van der Waals surface area contributed by atoms with Crippen LogP contribution in [-0.2, 0) is 19.1 Å². The van der Waals surface area contributed by atoms with Crippen LogP contribution in [0.5, 0.6) is 0 Å². The first kappa shape index (κ1) is 20.2. The molecule has 1 aliphatic carbocycles. The average Bonchev–Trinajstić information content (AvgIpc) is 2.58. The molecule has 0 aromatic heterocycles. The molecule has 24 heavy (non-hydrogen) atoms. The van der Waals surface area contributed by atoms with Gasteiger partial charge < -0.3 is 19.7 Å². The number of allylic oxidation sites excluding steroid dienone is 4. The lowest BCUT2D eigenvalue weighted by Crippen LogP contribution is -2.37. The molecule has 6 heteroatoms. The van der Waals surface area contributed by atoms with Gasteiger partial charge in [-0.2, -0.15) is 0 Å². The zero-order valence-electron chi connectivity index (χ0n) is 14.7. The Balaban J connectivity index is 2.62. The number of aliphatic hydroxyl groups excluding tert-OH is 1. The molecule has 0 spiro atoms. The number of ether oxygens (including phenoxy) is 2. The number of rotatable bonds is 8. The lowest BCUT2D eigenvalue weighted by molar-refractivity contribution is -0.167. The van der Waals surface area contributed by atoms with Crippen LogP contribution in [0.2, 0.25) is 0 Å². The van der Waals surface area contributed by atoms with Crippen molar-refractivity contribution in [3.8, 4) is 0 Å². The summed E-state index contributed by atoms with van der Waals surface area (Å²) in [5.74, 6) is -2.19. The van der Waals surface area contributed by atoms with Crippen LogP contribution in [0.3, 0.4) is 0 Å². The van der Waals surface area contributed by atoms with E-state index in [2.05, 4.69) is 0 Å². The summed E-state index contributed by atoms with van der Waals surface area (Å²) in [6.45, 7) is 5.26. The molecule has 2 N–H and O–H groups in total. The Labute approximate surface area is 143 Å². The molecule has 0 radical (unpaired) electrons. The minimum atomic E-state index is -0.964. The Morgan fingerprint density at radius 2 is 1.83 bits per heavy atom. The van der Waals surface area contributed by atoms with Gasteiger partial charge in [0.25, 0.3) is 0 Å². The van der Waals surface area contributed by atoms with E-state index in [0.29, 0.717) is 18.6 Å². The van der Waals surface area contributed by atoms with Crippen molar-refractivity contribution in [1.82, 2.24) is 0 Å². The predicted octanol–water partition coefficient (Wildman–Crippen LogP) is 2.67. The molecule has 136 valence electrons. The quantitative estimate of drug-likeness (QED) is 0.401. The molecule has 0 aromatic rings. The Bertz CT molecular complexity index is 494. The van der Waals surface area contributed by atoms with Gasteiger partial charge in [-0.3, -0.25) is 9.59 Å². The standard InChI is InChI=1S/C18H28O6/c1-4-7-12(2)13(3)23-11-14(10-19)24-18(22)16-9-6-5-8-15(16)17(20)21/h4,7,14-16,19H,5-6,8-11H2,1-3H3,(H,20,21)/b7-4-,13-12+. The number of carbonyl (C=O) groups is 2. The minimum absolute atomic E-state index is 0.0351. The Morgan fingerprint density at radius 3 is 2.38 bits per heavy atom. The molecule has 1 fully saturated rings. The fraction of sp³-hybridized carbons (Fsp3) is 0.667. The lowest BCUT2D eigenvalue weighted by atomic mass is 9.79. The van der Waals surface area contributed by atoms with Crippen LogP contribution in [0.25, 0.3) is 0 Å². The van der Waals surface area contributed by atoms with E-state index in [1.807, 2.05) is 26.0 Å². The summed E-state index contributed by atoms with van der Waals surface area (Å²) in [6.07, 6.45) is 5.60. The number of hydrogen-bond acceptors (Lipinski definition) is 5. The van der Waals surface area contributed by atoms with Crippen LogP contribution in [-0.4, -0.2) is 41.5 Å². The third-order valence-corrected chi connectivity index (χ3v) is 4.33. The normalized spacial score (nSPS) is 23.5. The first-order chi connectivity index (χ1) is 11.4. The van der Waals surface area contributed by atoms with E-state index in [1.54, 1.807) is 6.92 Å². The first-order valence-corrected chi connectivity index (χ1v) is 8.37. The molecule has 0 heterocycles. The molecule has 0 aliphatic heterocycles. The zero-order valence-corrected chi connectivity index (χ0v) is 14.7. The van der Waals surface area contributed by atoms with Gasteiger partial charge in [0.15, 0.2) is 6.10 Å². The van der Waals surface area contributed by atoms with Crippen LogP contribution >= 0.6 is 0 Å². The van der Waals surface area contributed by atoms with Gasteiger partial charge in [0, 0.05) is 0 Å². The smallest absolute Gasteiger partial charge is 0.310 e. The van der Waals surface area contributed by atoms with Gasteiger partial charge in [-0.1, -0.05) is 25.0 Å². The summed E-state index contributed by atoms with van der Waals surface area (Å²) in [5.41, 5.74) is 0.943. The number of carboxylic acids is 1. The fourth-order valence-electron chi connectivity index (χ4n) is 2.78. The van der Waals surface area contributed by atoms with Crippen molar-refractivity contribution in [3.63, 3.8) is 0 Å². The monoisotopic (exact) mass is 340 g/mol. The van der Waals surface area contributed by atoms with Crippen molar-refractivity contribution >= 4 is 11.9 Å². The SMILES string of the molecule is C/C=C\C(C)=C(/C)OCC(CO)OC(=O)C1CCCCC1C(=O)O. The maximum Gasteiger partial charge on any atom is 0.310 e. The highest BCUT2D eigenvalue weighted by atomic mass is 16.6. The van der Waals surface area contributed by atoms with Crippen LogP contribution < -0.4 is 0 Å². The Morgan fingerprint density at radius 1 is 1.21 bits per heavy atom. The van der Waals surface area contributed by atoms with Crippen molar-refractivity contribution in [2.24, 2.45) is 11.8 Å². The summed E-state index contributed by atoms with van der Waals surface area (Å²) in [7, 11) is 0. The van der Waals surface area contributed by atoms with Gasteiger partial charge in [-0.05, 0) is 39.2 Å². The first-order valence-electron chi connectivity index (χ1n) is 8.37. The summed E-state index contributed by atoms with van der Waals surface area (Å²) in [4.78, 5) is 23.6. The minimum Gasteiger partial charge on any atom is -0.494 e. The van der Waals surface area contributed by atoms with Crippen molar-refractivity contribution in [2.45, 2.75) is 52.6 Å². The molecule has 3 unspecified atom stereocenters. The second-order valence-electron chi connectivity index (χ2n) is 6.13. The van der Waals surface area contributed by atoms with E-state index in [-0.39, 0.29) is 13.2 Å². The molecule has 0 saturated heterocycles. The van der Waals surface area contributed by atoms with Gasteiger partial charge in [-0.15, -0.1) is 0 Å². The van der Waals surface area contributed by atoms with E-state index in [0.717, 1.165) is 18.4 Å². The highest BCUT2D eigenvalue weighted by Crippen LogP contribution is 2.31. The number of aliphatic hydroxyl groups is 1. The third kappa shape index (κ3) is 6.00. The number of carboxylic acid groups (broad SMARTS) is 1. The number of aliphatic carboxylic acids is 1. The molecule has 0 bridgehead atoms. The summed E-state index contributed by atoms with van der Waals surface area (Å²) < 4.78 is 10.8. The average molecular weight is 340 g/mol. The third-order valence-electron chi connectivity index (χ3n) is 4.33. The molecular formula is C18H28O6. The van der Waals surface area contributed by atoms with Crippen molar-refractivity contribution in [2.75, 3.05) is 13.2 Å². The van der Waals surface area contributed by atoms with Gasteiger partial charge in [0.2, 0.25) is 0 Å². The maximum absolute atomic E-state index is 12.3. The van der Waals surface area contributed by atoms with Gasteiger partial charge in [-0.25, -0.2) is 0 Å². The highest BCUT2D eigenvalue weighted by Gasteiger charge is 2.37. The van der Waals surface area contributed by atoms with Crippen molar-refractivity contribution < 1.29 is 29.3 Å². The largest absolute Gasteiger partial charge is 0.494 e. The Kier molecular flexibility index (Phi) is 8.54. The molecule has 1 rings (SSSR count). The topological polar surface area (TPSA) is 93.1 Å². The number of hydrogen-bond donors (Lipinski definition) is 2. The van der Waals surface area contributed by atoms with E-state index in [9.17, 15) is 19.8 Å². The molecular weight excluding hydrogens is 312 g/mol. The molecule has 1 saturated carbocycles. The van der Waals surface area contributed by atoms with Gasteiger partial charge in [0.05, 0.1) is 24.2 Å². The predicted molar refractivity (Wildman–Crippen MR) is 89.2 cm³/mol. The fourth-order valence-corrected chi connectivity index (χ4v) is 2.78. The van der Waals surface area contributed by atoms with Crippen LogP contribution in [0, 0.1) is 11.8 Å². The lowest BCUT2D eigenvalue weighted by Gasteiger charge is -2.28. The second-order valence-corrected chi connectivity index (χ2v) is 6.13. The van der Waals surface area contributed by atoms with Crippen LogP contribution in [0.1, 0.15) is 46.5 Å². The summed E-state index contributed by atoms with van der Waals surface area (Å²) in [6, 6.07) is 0. The zero-order chi connectivity index (χ0) is 18.1. The van der Waals surface area contributed by atoms with Crippen LogP contribution in [0.4, 0.5) is 0 Å². The van der Waals surface area contributed by atoms with Gasteiger partial charge >= 0.3 is 11.9 Å². The van der Waals surface area contributed by atoms with E-state index < -0.39 is 29.9 Å². The van der Waals surface area contributed by atoms with E-state index >= 15 is 0 Å². The summed E-state index contributed by atoms with van der Waals surface area (Å²) in [5, 5.41) is 18.6. The van der Waals surface area contributed by atoms with Crippen molar-refractivity contribution in [1.29, 1.82) is 0 Å². The second kappa shape index (κ2) is 10.1. The van der Waals surface area contributed by atoms with Crippen molar-refractivity contribution in [3.05, 3.63) is 23.5 Å². The Hall–Kier alpha value is -1.82. The molecule has 0 amide bonds. The number of esters is 1. The van der Waals surface area contributed by atoms with E-state index in [1.165, 1.54) is 0 Å². The summed E-state index contributed by atoms with van der Waals surface area (Å²) >= 11 is 0. The maximum atomic E-state index is 12.3. The molecule has 3 atom stereocenters. The number of carbonyl (C=O) groups excluding carboxylic acids is 1. The highest BCUT2D eigenvalue weighted by molar-refractivity contribution is 5.81.